The van der Waals surface area contributed by atoms with Gasteiger partial charge in [-0.05, 0) is 32.1 Å². The Morgan fingerprint density at radius 2 is 0.611 bits per heavy atom. The van der Waals surface area contributed by atoms with Crippen LogP contribution >= 0.6 is 0 Å². The molecule has 0 bridgehead atoms. The Bertz CT molecular complexity index is 769. The summed E-state index contributed by atoms with van der Waals surface area (Å²) in [6, 6.07) is 0. The van der Waals surface area contributed by atoms with Gasteiger partial charge in [0.25, 0.3) is 0 Å². The number of carbonyl (C=O) groups excluding carboxylic acids is 6. The van der Waals surface area contributed by atoms with Crippen LogP contribution in [0, 0.1) is 0 Å². The van der Waals surface area contributed by atoms with Gasteiger partial charge in [-0.15, -0.1) is 0 Å². The number of methoxy groups -OCH3 is 6. The van der Waals surface area contributed by atoms with Crippen LogP contribution in [-0.2, 0) is 71.4 Å². The summed E-state index contributed by atoms with van der Waals surface area (Å²) < 4.78 is 42.3. The molecule has 3 amide bonds. The number of esters is 3. The molecule has 0 aliphatic rings. The lowest BCUT2D eigenvalue weighted by molar-refractivity contribution is -0.142. The number of rotatable bonds is 24. The Labute approximate surface area is 324 Å². The van der Waals surface area contributed by atoms with Gasteiger partial charge in [0.1, 0.15) is 6.61 Å². The maximum atomic E-state index is 10.3. The SMILES string of the molecule is COCCCCNC(C)=O.COCCCCOC(C)=O.COCCCNC(C)=O.COCCCOC(C)=O.COCCNC(C)=O.COCCOC(C)=O. The van der Waals surface area contributed by atoms with Crippen LogP contribution in [0.4, 0.5) is 0 Å². The molecular formula is C36H75N3O15. The molecule has 0 saturated carbocycles. The Balaban J connectivity index is -0.000000128. The molecule has 0 radical (unpaired) electrons. The molecule has 18 heteroatoms. The first kappa shape index (κ1) is 62.6. The lowest BCUT2D eigenvalue weighted by atomic mass is 10.3. The van der Waals surface area contributed by atoms with Gasteiger partial charge in [0.2, 0.25) is 17.7 Å². The van der Waals surface area contributed by atoms with E-state index >= 15 is 0 Å². The highest BCUT2D eigenvalue weighted by Crippen LogP contribution is 1.90. The van der Waals surface area contributed by atoms with Crippen LogP contribution in [0.5, 0.6) is 0 Å². The summed E-state index contributed by atoms with van der Waals surface area (Å²) >= 11 is 0. The van der Waals surface area contributed by atoms with Crippen LogP contribution < -0.4 is 16.0 Å². The van der Waals surface area contributed by atoms with Gasteiger partial charge in [-0.1, -0.05) is 0 Å². The summed E-state index contributed by atoms with van der Waals surface area (Å²) in [4.78, 5) is 61.1. The van der Waals surface area contributed by atoms with E-state index in [9.17, 15) is 28.8 Å². The molecule has 0 unspecified atom stereocenters. The predicted octanol–water partition coefficient (Wildman–Crippen LogP) is 2.24. The number of ether oxygens (including phenoxy) is 9. The molecule has 0 aromatic rings. The van der Waals surface area contributed by atoms with E-state index < -0.39 is 0 Å². The van der Waals surface area contributed by atoms with Gasteiger partial charge in [-0.3, -0.25) is 28.8 Å². The van der Waals surface area contributed by atoms with Crippen molar-refractivity contribution >= 4 is 35.6 Å². The molecule has 0 spiro atoms. The zero-order valence-electron chi connectivity index (χ0n) is 35.4. The molecule has 0 heterocycles. The topological polar surface area (TPSA) is 222 Å². The second kappa shape index (κ2) is 58.9. The third-order valence-corrected chi connectivity index (χ3v) is 5.17. The van der Waals surface area contributed by atoms with Crippen molar-refractivity contribution in [1.82, 2.24) is 16.0 Å². The third-order valence-electron chi connectivity index (χ3n) is 5.17. The summed E-state index contributed by atoms with van der Waals surface area (Å²) in [5.74, 6) is -0.656. The van der Waals surface area contributed by atoms with Crippen molar-refractivity contribution in [3.63, 3.8) is 0 Å². The third kappa shape index (κ3) is 104. The molecule has 0 aromatic heterocycles. The highest BCUT2D eigenvalue weighted by Gasteiger charge is 1.93. The van der Waals surface area contributed by atoms with Gasteiger partial charge in [0, 0.05) is 137 Å². The van der Waals surface area contributed by atoms with E-state index in [0.717, 1.165) is 58.3 Å². The van der Waals surface area contributed by atoms with Crippen LogP contribution in [0.15, 0.2) is 0 Å². The van der Waals surface area contributed by atoms with Gasteiger partial charge in [-0.25, -0.2) is 0 Å². The maximum absolute atomic E-state index is 10.3. The molecule has 0 aromatic carbocycles. The predicted molar refractivity (Wildman–Crippen MR) is 205 cm³/mol. The highest BCUT2D eigenvalue weighted by molar-refractivity contribution is 5.73. The fourth-order valence-corrected chi connectivity index (χ4v) is 2.70. The minimum Gasteiger partial charge on any atom is -0.466 e. The summed E-state index contributed by atoms with van der Waals surface area (Å²) in [7, 11) is 9.76. The zero-order valence-corrected chi connectivity index (χ0v) is 35.4. The molecule has 3 N–H and O–H groups in total. The standard InChI is InChI=1S/C7H15NO2.C7H14O3.C6H13NO2.C6H12O3.C5H11NO2.C5H10O3/c1-7(9)8-5-3-4-6-10-2;1-7(8)10-6-4-3-5-9-2;1-6(8)7-4-3-5-9-2;1-6(7)9-5-3-4-8-2;1-5(7)6-3-4-8-2;1-5(6)8-4-3-7-2/h3-6H2,1-2H3,(H,8,9);3-6H2,1-2H3;3-5H2,1-2H3,(H,7,8);3-5H2,1-2H3;3-4H2,1-2H3,(H,6,7);3-4H2,1-2H3. The zero-order chi connectivity index (χ0) is 42.7. The minimum absolute atomic E-state index is 0.0120. The lowest BCUT2D eigenvalue weighted by Gasteiger charge is -2.00. The van der Waals surface area contributed by atoms with Crippen LogP contribution in [0.3, 0.4) is 0 Å². The number of carbonyl (C=O) groups is 6. The van der Waals surface area contributed by atoms with E-state index in [-0.39, 0.29) is 35.6 Å². The number of hydrogen-bond donors (Lipinski definition) is 3. The summed E-state index contributed by atoms with van der Waals surface area (Å²) in [5, 5.41) is 7.95. The van der Waals surface area contributed by atoms with Gasteiger partial charge in [0.15, 0.2) is 0 Å². The summed E-state index contributed by atoms with van der Waals surface area (Å²) in [5.41, 5.74) is 0. The van der Waals surface area contributed by atoms with Crippen LogP contribution in [0.1, 0.15) is 80.1 Å². The van der Waals surface area contributed by atoms with Crippen molar-refractivity contribution in [2.75, 3.05) is 122 Å². The molecule has 0 aliphatic heterocycles. The van der Waals surface area contributed by atoms with Gasteiger partial charge < -0.3 is 58.6 Å². The molecule has 54 heavy (non-hydrogen) atoms. The first-order chi connectivity index (χ1) is 25.6. The molecule has 18 nitrogen and oxygen atoms in total. The van der Waals surface area contributed by atoms with E-state index in [1.165, 1.54) is 41.5 Å². The van der Waals surface area contributed by atoms with E-state index in [0.29, 0.717) is 59.3 Å². The van der Waals surface area contributed by atoms with Crippen molar-refractivity contribution in [3.8, 4) is 0 Å². The van der Waals surface area contributed by atoms with Crippen LogP contribution in [-0.4, -0.2) is 157 Å². The second-order valence-corrected chi connectivity index (χ2v) is 10.5. The number of nitrogens with one attached hydrogen (secondary N) is 3. The molecule has 0 saturated heterocycles. The quantitative estimate of drug-likeness (QED) is 0.0725. The molecule has 0 rings (SSSR count). The largest absolute Gasteiger partial charge is 0.466 e. The number of hydrogen-bond acceptors (Lipinski definition) is 15. The van der Waals surface area contributed by atoms with Crippen molar-refractivity contribution in [3.05, 3.63) is 0 Å². The van der Waals surface area contributed by atoms with Gasteiger partial charge >= 0.3 is 17.9 Å². The maximum Gasteiger partial charge on any atom is 0.302 e. The molecular weight excluding hydrogens is 714 g/mol. The Hall–Kier alpha value is -3.42. The smallest absolute Gasteiger partial charge is 0.302 e. The first-order valence-electron chi connectivity index (χ1n) is 17.7. The Morgan fingerprint density at radius 3 is 1.00 bits per heavy atom. The van der Waals surface area contributed by atoms with E-state index in [4.69, 9.17) is 23.7 Å². The van der Waals surface area contributed by atoms with Crippen LogP contribution in [0.25, 0.3) is 0 Å². The van der Waals surface area contributed by atoms with Crippen molar-refractivity contribution in [1.29, 1.82) is 0 Å². The van der Waals surface area contributed by atoms with Gasteiger partial charge in [0.05, 0.1) is 26.4 Å². The van der Waals surface area contributed by atoms with E-state index in [1.54, 1.807) is 42.7 Å². The Kier molecular flexibility index (Phi) is 68.2. The average Bonchev–Trinajstić information content (AvgIpc) is 3.09. The molecule has 0 aliphatic carbocycles. The van der Waals surface area contributed by atoms with Crippen LogP contribution in [0.2, 0.25) is 0 Å². The Morgan fingerprint density at radius 1 is 0.315 bits per heavy atom. The van der Waals surface area contributed by atoms with Crippen molar-refractivity contribution < 1.29 is 71.4 Å². The minimum atomic E-state index is -0.262. The van der Waals surface area contributed by atoms with Crippen molar-refractivity contribution in [2.45, 2.75) is 80.1 Å². The lowest BCUT2D eigenvalue weighted by Crippen LogP contribution is -2.23. The molecule has 324 valence electrons. The highest BCUT2D eigenvalue weighted by atomic mass is 16.6. The number of amides is 3. The van der Waals surface area contributed by atoms with E-state index in [2.05, 4.69) is 34.9 Å². The first-order valence-corrected chi connectivity index (χ1v) is 17.7. The monoisotopic (exact) mass is 790 g/mol. The number of unbranched alkanes of at least 4 members (excludes halogenated alkanes) is 2. The molecule has 0 fully saturated rings. The molecule has 0 atom stereocenters. The van der Waals surface area contributed by atoms with E-state index in [1.807, 2.05) is 0 Å². The normalized spacial score (nSPS) is 9.11. The fraction of sp³-hybridized carbons (Fsp3) is 0.833. The summed E-state index contributed by atoms with van der Waals surface area (Å²) in [6.07, 6.45) is 5.49. The van der Waals surface area contributed by atoms with Gasteiger partial charge in [-0.2, -0.15) is 0 Å². The average molecular weight is 790 g/mol. The second-order valence-electron chi connectivity index (χ2n) is 10.5. The summed E-state index contributed by atoms with van der Waals surface area (Å²) in [6.45, 7) is 16.0. The van der Waals surface area contributed by atoms with Crippen molar-refractivity contribution in [2.24, 2.45) is 0 Å². The fourth-order valence-electron chi connectivity index (χ4n) is 2.70.